The number of anilines is 2. The molecule has 2 rings (SSSR count). The minimum Gasteiger partial charge on any atom is -0.491 e. The SMILES string of the molecule is CC(=O)Nc1ccc(OCC(O)CNCC(O)COc2ccc(NC(C)=O)cc2)cc1. The monoisotopic (exact) mass is 431 g/mol. The molecule has 9 heteroatoms. The largest absolute Gasteiger partial charge is 0.491 e. The quantitative estimate of drug-likeness (QED) is 0.343. The molecule has 5 N–H and O–H groups in total. The average Bonchev–Trinajstić information content (AvgIpc) is 2.72. The van der Waals surface area contributed by atoms with Gasteiger partial charge in [0.1, 0.15) is 36.9 Å². The number of benzene rings is 2. The van der Waals surface area contributed by atoms with Crippen LogP contribution in [0.4, 0.5) is 11.4 Å². The first kappa shape index (κ1) is 24.1. The van der Waals surface area contributed by atoms with Crippen molar-refractivity contribution in [1.82, 2.24) is 5.32 Å². The molecule has 0 radical (unpaired) electrons. The maximum Gasteiger partial charge on any atom is 0.221 e. The van der Waals surface area contributed by atoms with Gasteiger partial charge in [-0.1, -0.05) is 0 Å². The van der Waals surface area contributed by atoms with Crippen molar-refractivity contribution in [3.05, 3.63) is 48.5 Å². The van der Waals surface area contributed by atoms with Crippen molar-refractivity contribution in [2.24, 2.45) is 0 Å². The molecule has 0 bridgehead atoms. The van der Waals surface area contributed by atoms with Crippen LogP contribution in [0.2, 0.25) is 0 Å². The fourth-order valence-corrected chi connectivity index (χ4v) is 2.59. The predicted molar refractivity (Wildman–Crippen MR) is 117 cm³/mol. The summed E-state index contributed by atoms with van der Waals surface area (Å²) in [6, 6.07) is 13.7. The van der Waals surface area contributed by atoms with Gasteiger partial charge in [-0.3, -0.25) is 9.59 Å². The fraction of sp³-hybridized carbons (Fsp3) is 0.364. The molecule has 0 aromatic heterocycles. The Labute approximate surface area is 181 Å². The number of rotatable bonds is 12. The highest BCUT2D eigenvalue weighted by Crippen LogP contribution is 2.16. The number of carbonyl (C=O) groups is 2. The second kappa shape index (κ2) is 12.5. The third-order valence-corrected chi connectivity index (χ3v) is 3.99. The Kier molecular flexibility index (Phi) is 9.76. The highest BCUT2D eigenvalue weighted by molar-refractivity contribution is 5.89. The standard InChI is InChI=1S/C22H29N3O6/c1-15(26)24-17-3-7-21(8-4-17)30-13-19(28)11-23-12-20(29)14-31-22-9-5-18(6-10-22)25-16(2)27/h3-10,19-20,23,28-29H,11-14H2,1-2H3,(H,24,26)(H,25,27). The van der Waals surface area contributed by atoms with Crippen LogP contribution in [0.1, 0.15) is 13.8 Å². The molecule has 2 atom stereocenters. The van der Waals surface area contributed by atoms with Crippen LogP contribution in [0.25, 0.3) is 0 Å². The van der Waals surface area contributed by atoms with Crippen molar-refractivity contribution >= 4 is 23.2 Å². The lowest BCUT2D eigenvalue weighted by molar-refractivity contribution is -0.115. The zero-order valence-corrected chi connectivity index (χ0v) is 17.6. The number of hydrogen-bond acceptors (Lipinski definition) is 7. The van der Waals surface area contributed by atoms with Crippen LogP contribution in [0.3, 0.4) is 0 Å². The maximum absolute atomic E-state index is 11.0. The van der Waals surface area contributed by atoms with Crippen LogP contribution in [0.5, 0.6) is 11.5 Å². The Hall–Kier alpha value is -3.14. The smallest absolute Gasteiger partial charge is 0.221 e. The van der Waals surface area contributed by atoms with E-state index in [-0.39, 0.29) is 38.1 Å². The highest BCUT2D eigenvalue weighted by atomic mass is 16.5. The molecule has 0 fully saturated rings. The van der Waals surface area contributed by atoms with E-state index in [1.165, 1.54) is 13.8 Å². The highest BCUT2D eigenvalue weighted by Gasteiger charge is 2.09. The molecule has 31 heavy (non-hydrogen) atoms. The lowest BCUT2D eigenvalue weighted by atomic mass is 10.3. The summed E-state index contributed by atoms with van der Waals surface area (Å²) in [5, 5.41) is 28.3. The normalized spacial score (nSPS) is 12.5. The van der Waals surface area contributed by atoms with E-state index in [1.807, 2.05) is 0 Å². The topological polar surface area (TPSA) is 129 Å². The second-order valence-electron chi connectivity index (χ2n) is 7.00. The summed E-state index contributed by atoms with van der Waals surface area (Å²) < 4.78 is 11.0. The van der Waals surface area contributed by atoms with E-state index in [0.717, 1.165) is 0 Å². The molecule has 0 aliphatic carbocycles. The average molecular weight is 431 g/mol. The van der Waals surface area contributed by atoms with E-state index in [4.69, 9.17) is 9.47 Å². The van der Waals surface area contributed by atoms with Gasteiger partial charge in [0.05, 0.1) is 0 Å². The van der Waals surface area contributed by atoms with Gasteiger partial charge >= 0.3 is 0 Å². The number of aliphatic hydroxyl groups excluding tert-OH is 2. The summed E-state index contributed by atoms with van der Waals surface area (Å²) in [6.07, 6.45) is -1.52. The van der Waals surface area contributed by atoms with E-state index >= 15 is 0 Å². The van der Waals surface area contributed by atoms with E-state index in [0.29, 0.717) is 22.9 Å². The molecular formula is C22H29N3O6. The predicted octanol–water partition coefficient (Wildman–Crippen LogP) is 1.37. The van der Waals surface area contributed by atoms with Gasteiger partial charge in [-0.05, 0) is 48.5 Å². The number of amides is 2. The van der Waals surface area contributed by atoms with Crippen LogP contribution in [-0.4, -0.2) is 60.5 Å². The molecule has 2 aromatic carbocycles. The molecular weight excluding hydrogens is 402 g/mol. The van der Waals surface area contributed by atoms with Gasteiger partial charge in [0.2, 0.25) is 11.8 Å². The number of aliphatic hydroxyl groups is 2. The van der Waals surface area contributed by atoms with E-state index in [9.17, 15) is 19.8 Å². The zero-order valence-electron chi connectivity index (χ0n) is 17.6. The van der Waals surface area contributed by atoms with Gasteiger partial charge in [0.25, 0.3) is 0 Å². The van der Waals surface area contributed by atoms with Gasteiger partial charge in [-0.2, -0.15) is 0 Å². The Morgan fingerprint density at radius 3 is 1.42 bits per heavy atom. The van der Waals surface area contributed by atoms with Gasteiger partial charge in [0.15, 0.2) is 0 Å². The van der Waals surface area contributed by atoms with Crippen molar-refractivity contribution in [3.8, 4) is 11.5 Å². The first-order valence-corrected chi connectivity index (χ1v) is 9.89. The molecule has 9 nitrogen and oxygen atoms in total. The van der Waals surface area contributed by atoms with E-state index < -0.39 is 12.2 Å². The summed E-state index contributed by atoms with van der Waals surface area (Å²) in [5.74, 6) is 0.850. The molecule has 2 amide bonds. The maximum atomic E-state index is 11.0. The summed E-state index contributed by atoms with van der Waals surface area (Å²) in [6.45, 7) is 3.52. The summed E-state index contributed by atoms with van der Waals surface area (Å²) in [7, 11) is 0. The van der Waals surface area contributed by atoms with Gasteiger partial charge in [-0.25, -0.2) is 0 Å². The van der Waals surface area contributed by atoms with Gasteiger partial charge in [0, 0.05) is 38.3 Å². The lowest BCUT2D eigenvalue weighted by Gasteiger charge is -2.16. The van der Waals surface area contributed by atoms with Crippen LogP contribution in [0.15, 0.2) is 48.5 Å². The van der Waals surface area contributed by atoms with E-state index in [1.54, 1.807) is 48.5 Å². The second-order valence-corrected chi connectivity index (χ2v) is 7.00. The number of ether oxygens (including phenoxy) is 2. The van der Waals surface area contributed by atoms with Crippen molar-refractivity contribution in [1.29, 1.82) is 0 Å². The molecule has 0 saturated carbocycles. The first-order chi connectivity index (χ1) is 14.8. The number of hydrogen-bond donors (Lipinski definition) is 5. The summed E-state index contributed by atoms with van der Waals surface area (Å²) >= 11 is 0. The van der Waals surface area contributed by atoms with Crippen molar-refractivity contribution in [2.45, 2.75) is 26.1 Å². The fourth-order valence-electron chi connectivity index (χ4n) is 2.59. The Bertz CT molecular complexity index is 757. The minimum atomic E-state index is -0.760. The van der Waals surface area contributed by atoms with Crippen LogP contribution >= 0.6 is 0 Å². The Morgan fingerprint density at radius 2 is 1.10 bits per heavy atom. The van der Waals surface area contributed by atoms with E-state index in [2.05, 4.69) is 16.0 Å². The van der Waals surface area contributed by atoms with Gasteiger partial charge < -0.3 is 35.6 Å². The van der Waals surface area contributed by atoms with Crippen molar-refractivity contribution in [3.63, 3.8) is 0 Å². The summed E-state index contributed by atoms with van der Waals surface area (Å²) in [5.41, 5.74) is 1.34. The molecule has 0 aliphatic heterocycles. The molecule has 168 valence electrons. The molecule has 0 saturated heterocycles. The Balaban J connectivity index is 1.60. The Morgan fingerprint density at radius 1 is 0.742 bits per heavy atom. The summed E-state index contributed by atoms with van der Waals surface area (Å²) in [4.78, 5) is 22.0. The third-order valence-electron chi connectivity index (χ3n) is 3.99. The van der Waals surface area contributed by atoms with Crippen molar-refractivity contribution in [2.75, 3.05) is 36.9 Å². The van der Waals surface area contributed by atoms with Crippen molar-refractivity contribution < 1.29 is 29.3 Å². The minimum absolute atomic E-state index is 0.0831. The first-order valence-electron chi connectivity index (χ1n) is 9.89. The molecule has 2 unspecified atom stereocenters. The third kappa shape index (κ3) is 9.94. The molecule has 2 aromatic rings. The van der Waals surface area contributed by atoms with Gasteiger partial charge in [-0.15, -0.1) is 0 Å². The van der Waals surface area contributed by atoms with Crippen LogP contribution < -0.4 is 25.4 Å². The molecule has 0 heterocycles. The number of nitrogens with one attached hydrogen (secondary N) is 3. The van der Waals surface area contributed by atoms with Crippen LogP contribution in [0, 0.1) is 0 Å². The lowest BCUT2D eigenvalue weighted by Crippen LogP contribution is -2.37. The molecule has 0 aliphatic rings. The number of carbonyl (C=O) groups excluding carboxylic acids is 2. The molecule has 0 spiro atoms. The van der Waals surface area contributed by atoms with Crippen LogP contribution in [-0.2, 0) is 9.59 Å². The zero-order chi connectivity index (χ0) is 22.6.